The zero-order valence-electron chi connectivity index (χ0n) is 19.3. The number of rotatable bonds is 6. The number of carbonyl (C=O) groups is 1. The molecule has 2 aromatic heterocycles. The number of benzene rings is 1. The van der Waals surface area contributed by atoms with Crippen molar-refractivity contribution in [2.75, 3.05) is 17.7 Å². The van der Waals surface area contributed by atoms with E-state index in [4.69, 9.17) is 14.5 Å². The van der Waals surface area contributed by atoms with Crippen LogP contribution in [0.25, 0.3) is 0 Å². The van der Waals surface area contributed by atoms with Crippen molar-refractivity contribution in [3.8, 4) is 17.2 Å². The Morgan fingerprint density at radius 1 is 1.06 bits per heavy atom. The number of nitrogens with zero attached hydrogens (tertiary/aromatic N) is 4. The first-order valence-corrected chi connectivity index (χ1v) is 11.1. The molecular weight excluding hydrogens is 444 g/mol. The molecule has 1 aliphatic heterocycles. The summed E-state index contributed by atoms with van der Waals surface area (Å²) in [6, 6.07) is 14.7. The Morgan fingerprint density at radius 2 is 1.91 bits per heavy atom. The Morgan fingerprint density at radius 3 is 2.74 bits per heavy atom. The number of aliphatic imine (C=N–C) groups is 1. The van der Waals surface area contributed by atoms with E-state index in [1.165, 1.54) is 6.92 Å². The number of hydrogen-bond acceptors (Lipinski definition) is 8. The maximum absolute atomic E-state index is 11.3. The van der Waals surface area contributed by atoms with Crippen molar-refractivity contribution in [1.29, 1.82) is 0 Å². The maximum Gasteiger partial charge on any atom is 0.222 e. The van der Waals surface area contributed by atoms with E-state index in [2.05, 4.69) is 31.6 Å². The average Bonchev–Trinajstić information content (AvgIpc) is 3.15. The largest absolute Gasteiger partial charge is 0.457 e. The number of hydrogen-bond donors (Lipinski definition) is 2. The molecule has 3 heterocycles. The standard InChI is InChI=1S/C26H24N6O3/c1-17(33)29-25-15-20(10-13-28-25)34-19-8-9-23-21(14-19)30-26(32(23)2)31-22-16-27-12-11-24(22)35-18-6-4-3-5-7-18/h3-16,21,23H,1-2H3,(H,30,31)(H,28,29,33). The van der Waals surface area contributed by atoms with Crippen LogP contribution in [0.1, 0.15) is 6.92 Å². The topological polar surface area (TPSA) is 101 Å². The molecule has 0 saturated heterocycles. The van der Waals surface area contributed by atoms with E-state index in [0.29, 0.717) is 34.7 Å². The van der Waals surface area contributed by atoms with Crippen molar-refractivity contribution in [3.05, 3.63) is 91.1 Å². The number of nitrogens with one attached hydrogen (secondary N) is 2. The van der Waals surface area contributed by atoms with Gasteiger partial charge in [0, 0.05) is 38.5 Å². The number of carbonyl (C=O) groups excluding carboxylic acids is 1. The van der Waals surface area contributed by atoms with Crippen LogP contribution in [0.4, 0.5) is 11.5 Å². The molecule has 1 aliphatic carbocycles. The van der Waals surface area contributed by atoms with E-state index in [1.54, 1.807) is 30.7 Å². The summed E-state index contributed by atoms with van der Waals surface area (Å²) >= 11 is 0. The van der Waals surface area contributed by atoms with Gasteiger partial charge in [-0.15, -0.1) is 0 Å². The summed E-state index contributed by atoms with van der Waals surface area (Å²) in [5.41, 5.74) is 0.715. The Labute approximate surface area is 202 Å². The summed E-state index contributed by atoms with van der Waals surface area (Å²) in [5.74, 6) is 3.57. The van der Waals surface area contributed by atoms with Gasteiger partial charge in [-0.05, 0) is 30.4 Å². The number of aromatic nitrogens is 2. The number of fused-ring (bicyclic) bond motifs is 1. The van der Waals surface area contributed by atoms with Gasteiger partial charge in [0.1, 0.15) is 28.8 Å². The second kappa shape index (κ2) is 9.68. The number of ether oxygens (including phenoxy) is 2. The number of guanidine groups is 1. The monoisotopic (exact) mass is 468 g/mol. The Balaban J connectivity index is 1.31. The highest BCUT2D eigenvalue weighted by Gasteiger charge is 2.33. The molecule has 9 nitrogen and oxygen atoms in total. The second-order valence-corrected chi connectivity index (χ2v) is 8.04. The Kier molecular flexibility index (Phi) is 6.13. The smallest absolute Gasteiger partial charge is 0.222 e. The molecular formula is C26H24N6O3. The minimum atomic E-state index is -0.191. The quantitative estimate of drug-likeness (QED) is 0.559. The van der Waals surface area contributed by atoms with E-state index >= 15 is 0 Å². The van der Waals surface area contributed by atoms with Crippen LogP contribution < -0.4 is 20.1 Å². The molecule has 1 amide bonds. The molecule has 0 bridgehead atoms. The fraction of sp³-hybridized carbons (Fsp3) is 0.154. The molecule has 0 spiro atoms. The zero-order chi connectivity index (χ0) is 24.2. The lowest BCUT2D eigenvalue weighted by Gasteiger charge is -2.25. The van der Waals surface area contributed by atoms with Crippen LogP contribution in [0, 0.1) is 0 Å². The second-order valence-electron chi connectivity index (χ2n) is 8.04. The van der Waals surface area contributed by atoms with Crippen molar-refractivity contribution in [2.24, 2.45) is 4.99 Å². The summed E-state index contributed by atoms with van der Waals surface area (Å²) < 4.78 is 12.0. The molecule has 2 atom stereocenters. The van der Waals surface area contributed by atoms with Crippen molar-refractivity contribution < 1.29 is 14.3 Å². The van der Waals surface area contributed by atoms with E-state index < -0.39 is 0 Å². The highest BCUT2D eigenvalue weighted by molar-refractivity contribution is 5.96. The molecule has 5 rings (SSSR count). The fourth-order valence-corrected chi connectivity index (χ4v) is 3.82. The lowest BCUT2D eigenvalue weighted by Crippen LogP contribution is -2.38. The predicted octanol–water partition coefficient (Wildman–Crippen LogP) is 4.21. The number of amides is 1. The zero-order valence-corrected chi connectivity index (χ0v) is 19.3. The minimum Gasteiger partial charge on any atom is -0.457 e. The third-order valence-corrected chi connectivity index (χ3v) is 5.47. The third kappa shape index (κ3) is 5.14. The van der Waals surface area contributed by atoms with Crippen molar-refractivity contribution in [2.45, 2.75) is 19.0 Å². The number of allylic oxidation sites excluding steroid dienone is 1. The molecule has 35 heavy (non-hydrogen) atoms. The fourth-order valence-electron chi connectivity index (χ4n) is 3.82. The van der Waals surface area contributed by atoms with Crippen LogP contribution in [0.2, 0.25) is 0 Å². The maximum atomic E-state index is 11.3. The van der Waals surface area contributed by atoms with E-state index in [-0.39, 0.29) is 18.0 Å². The number of anilines is 2. The lowest BCUT2D eigenvalue weighted by molar-refractivity contribution is -0.114. The van der Waals surface area contributed by atoms with Gasteiger partial charge >= 0.3 is 0 Å². The number of pyridine rings is 2. The van der Waals surface area contributed by atoms with Gasteiger partial charge in [0.15, 0.2) is 11.7 Å². The molecule has 176 valence electrons. The highest BCUT2D eigenvalue weighted by Crippen LogP contribution is 2.31. The first-order valence-electron chi connectivity index (χ1n) is 11.1. The van der Waals surface area contributed by atoms with E-state index in [1.807, 2.05) is 55.6 Å². The summed E-state index contributed by atoms with van der Waals surface area (Å²) in [6.45, 7) is 1.43. The Bertz CT molecular complexity index is 1320. The highest BCUT2D eigenvalue weighted by atomic mass is 16.5. The third-order valence-electron chi connectivity index (χ3n) is 5.47. The van der Waals surface area contributed by atoms with Gasteiger partial charge in [-0.25, -0.2) is 9.98 Å². The average molecular weight is 469 g/mol. The molecule has 2 aliphatic rings. The van der Waals surface area contributed by atoms with Gasteiger partial charge in [0.05, 0.1) is 18.3 Å². The van der Waals surface area contributed by atoms with Crippen LogP contribution in [0.15, 0.2) is 96.1 Å². The molecule has 2 N–H and O–H groups in total. The molecule has 3 aromatic rings. The predicted molar refractivity (Wildman–Crippen MR) is 134 cm³/mol. The summed E-state index contributed by atoms with van der Waals surface area (Å²) in [6.07, 6.45) is 10.9. The SMILES string of the molecule is CC(=O)Nc1cc(OC2=CC3N=C(Nc4cnccc4Oc4ccccc4)N(C)C3C=C2)ccn1. The molecule has 0 radical (unpaired) electrons. The molecule has 0 saturated carbocycles. The van der Waals surface area contributed by atoms with Gasteiger partial charge in [0.25, 0.3) is 0 Å². The lowest BCUT2D eigenvalue weighted by atomic mass is 10.0. The molecule has 1 aromatic carbocycles. The summed E-state index contributed by atoms with van der Waals surface area (Å²) in [5, 5.41) is 6.02. The number of para-hydroxylation sites is 1. The van der Waals surface area contributed by atoms with Crippen LogP contribution in [0.5, 0.6) is 17.2 Å². The van der Waals surface area contributed by atoms with Crippen LogP contribution in [-0.4, -0.2) is 45.9 Å². The van der Waals surface area contributed by atoms with Gasteiger partial charge in [-0.2, -0.15) is 0 Å². The minimum absolute atomic E-state index is 0.0485. The van der Waals surface area contributed by atoms with Crippen LogP contribution in [0.3, 0.4) is 0 Å². The van der Waals surface area contributed by atoms with Crippen molar-refractivity contribution in [1.82, 2.24) is 14.9 Å². The molecule has 9 heteroatoms. The molecule has 2 unspecified atom stereocenters. The number of likely N-dealkylation sites (N-methyl/N-ethyl adjacent to an activating group) is 1. The summed E-state index contributed by atoms with van der Waals surface area (Å²) in [7, 11) is 1.98. The molecule has 0 fully saturated rings. The first kappa shape index (κ1) is 22.1. The van der Waals surface area contributed by atoms with Gasteiger partial charge in [0.2, 0.25) is 5.91 Å². The van der Waals surface area contributed by atoms with Crippen LogP contribution >= 0.6 is 0 Å². The van der Waals surface area contributed by atoms with Gasteiger partial charge < -0.3 is 25.0 Å². The van der Waals surface area contributed by atoms with Crippen molar-refractivity contribution in [3.63, 3.8) is 0 Å². The van der Waals surface area contributed by atoms with Crippen LogP contribution in [-0.2, 0) is 4.79 Å². The van der Waals surface area contributed by atoms with Gasteiger partial charge in [-0.3, -0.25) is 9.78 Å². The summed E-state index contributed by atoms with van der Waals surface area (Å²) in [4.78, 5) is 26.6. The van der Waals surface area contributed by atoms with E-state index in [0.717, 1.165) is 5.75 Å². The van der Waals surface area contributed by atoms with E-state index in [9.17, 15) is 4.79 Å². The van der Waals surface area contributed by atoms with Gasteiger partial charge in [-0.1, -0.05) is 24.3 Å². The Hall–Kier alpha value is -4.66. The normalized spacial score (nSPS) is 18.3. The van der Waals surface area contributed by atoms with Crippen molar-refractivity contribution >= 4 is 23.4 Å². The first-order chi connectivity index (χ1) is 17.0.